The number of benzene rings is 2. The Hall–Kier alpha value is -2.48. The topological polar surface area (TPSA) is 25.3 Å². The first kappa shape index (κ1) is 44.9. The molecular formula is C51H82N2. The third kappa shape index (κ3) is 17.2. The van der Waals surface area contributed by atoms with Gasteiger partial charge in [-0.05, 0) is 86.8 Å². The van der Waals surface area contributed by atoms with E-state index in [1.807, 2.05) is 0 Å². The summed E-state index contributed by atoms with van der Waals surface area (Å²) in [6, 6.07) is 18.1. The summed E-state index contributed by atoms with van der Waals surface area (Å²) in [5.41, 5.74) is 22.1. The van der Waals surface area contributed by atoms with Gasteiger partial charge in [0.15, 0.2) is 0 Å². The third-order valence-corrected chi connectivity index (χ3v) is 11.7. The van der Waals surface area contributed by atoms with Gasteiger partial charge < -0.3 is 5.53 Å². The minimum absolute atomic E-state index is 1.02. The summed E-state index contributed by atoms with van der Waals surface area (Å²) in [6.45, 7) is 9.13. The average molecular weight is 723 g/mol. The van der Waals surface area contributed by atoms with Gasteiger partial charge in [-0.2, -0.15) is 0 Å². The Labute approximate surface area is 329 Å². The van der Waals surface area contributed by atoms with Crippen molar-refractivity contribution in [3.63, 3.8) is 0 Å². The van der Waals surface area contributed by atoms with Crippen LogP contribution in [-0.2, 0) is 12.8 Å². The molecule has 2 aromatic rings. The molecule has 0 saturated carbocycles. The molecule has 0 N–H and O–H groups in total. The molecule has 0 spiro atoms. The minimum Gasteiger partial charge on any atom is -0.493 e. The Morgan fingerprint density at radius 2 is 0.660 bits per heavy atom. The number of hydrogen-bond donors (Lipinski definition) is 0. The third-order valence-electron chi connectivity index (χ3n) is 11.7. The lowest BCUT2D eigenvalue weighted by molar-refractivity contribution is -0.345. The van der Waals surface area contributed by atoms with E-state index in [1.54, 1.807) is 4.70 Å². The van der Waals surface area contributed by atoms with Crippen molar-refractivity contribution in [2.24, 2.45) is 0 Å². The van der Waals surface area contributed by atoms with E-state index in [-0.39, 0.29) is 0 Å². The predicted octanol–water partition coefficient (Wildman–Crippen LogP) is 17.3. The van der Waals surface area contributed by atoms with Crippen LogP contribution >= 0.6 is 0 Å². The van der Waals surface area contributed by atoms with Gasteiger partial charge in [-0.1, -0.05) is 200 Å². The zero-order valence-electron chi connectivity index (χ0n) is 35.4. The van der Waals surface area contributed by atoms with Gasteiger partial charge in [-0.3, -0.25) is 0 Å². The Morgan fingerprint density at radius 3 is 1.02 bits per heavy atom. The van der Waals surface area contributed by atoms with Crippen molar-refractivity contribution in [2.75, 3.05) is 0 Å². The molecule has 2 nitrogen and oxygen atoms in total. The molecule has 2 aromatic carbocycles. The molecule has 0 atom stereocenters. The van der Waals surface area contributed by atoms with Crippen LogP contribution < -0.4 is 0 Å². The van der Waals surface area contributed by atoms with Gasteiger partial charge in [-0.15, -0.1) is 0 Å². The fourth-order valence-corrected chi connectivity index (χ4v) is 8.38. The van der Waals surface area contributed by atoms with Crippen LogP contribution in [0.4, 0.5) is 0 Å². The van der Waals surface area contributed by atoms with Crippen LogP contribution in [0, 0.1) is 0 Å². The molecule has 296 valence electrons. The fraction of sp³-hybridized carbons (Fsp3) is 0.686. The monoisotopic (exact) mass is 723 g/mol. The van der Waals surface area contributed by atoms with Gasteiger partial charge in [0.05, 0.1) is 0 Å². The standard InChI is InChI=1S/C51H82N2/c1-5-9-13-14-15-16-17-18-19-20-21-22-23-24-25-26-27-28-29-30-31-41-49-48(40-12-8-4)50(46-38-32-36-44(42-46)34-10-6-2)53(52)51(49)47-39-33-37-45(43-47)35-11-7-3/h32-33,36-39,42-43H,5-31,34-35,40-41H2,1-4H3. The Bertz CT molecular complexity index is 1330. The first-order valence-corrected chi connectivity index (χ1v) is 23.3. The molecule has 0 unspecified atom stereocenters. The van der Waals surface area contributed by atoms with E-state index >= 15 is 0 Å². The zero-order valence-corrected chi connectivity index (χ0v) is 35.4. The second kappa shape index (κ2) is 28.9. The van der Waals surface area contributed by atoms with Crippen LogP contribution in [0.25, 0.3) is 16.9 Å². The Balaban J connectivity index is 1.48. The predicted molar refractivity (Wildman–Crippen MR) is 234 cm³/mol. The number of aryl methyl sites for hydroxylation is 2. The molecule has 0 aromatic heterocycles. The number of rotatable bonds is 33. The maximum absolute atomic E-state index is 12.1. The summed E-state index contributed by atoms with van der Waals surface area (Å²) < 4.78 is 1.59. The summed E-state index contributed by atoms with van der Waals surface area (Å²) in [5.74, 6) is 0. The summed E-state index contributed by atoms with van der Waals surface area (Å²) in [7, 11) is 0. The van der Waals surface area contributed by atoms with Gasteiger partial charge in [0.2, 0.25) is 11.4 Å². The molecule has 2 heteroatoms. The number of hydrogen-bond acceptors (Lipinski definition) is 0. The smallest absolute Gasteiger partial charge is 0.211 e. The maximum Gasteiger partial charge on any atom is 0.211 e. The van der Waals surface area contributed by atoms with Crippen molar-refractivity contribution >= 4 is 11.4 Å². The minimum atomic E-state index is 1.02. The largest absolute Gasteiger partial charge is 0.493 e. The highest BCUT2D eigenvalue weighted by atomic mass is 15.2. The normalized spacial score (nSPS) is 13.2. The van der Waals surface area contributed by atoms with E-state index in [9.17, 15) is 5.53 Å². The van der Waals surface area contributed by atoms with Crippen LogP contribution in [0.5, 0.6) is 0 Å². The van der Waals surface area contributed by atoms with Gasteiger partial charge in [0.1, 0.15) is 0 Å². The molecule has 0 saturated heterocycles. The lowest BCUT2D eigenvalue weighted by atomic mass is 9.91. The van der Waals surface area contributed by atoms with Gasteiger partial charge in [0.25, 0.3) is 0 Å². The van der Waals surface area contributed by atoms with Gasteiger partial charge in [0, 0.05) is 22.3 Å². The van der Waals surface area contributed by atoms with E-state index < -0.39 is 0 Å². The quantitative estimate of drug-likeness (QED) is 0.0518. The maximum atomic E-state index is 12.1. The van der Waals surface area contributed by atoms with Crippen molar-refractivity contribution in [3.05, 3.63) is 87.5 Å². The van der Waals surface area contributed by atoms with Crippen LogP contribution in [0.3, 0.4) is 0 Å². The lowest BCUT2D eigenvalue weighted by Gasteiger charge is -2.11. The molecule has 0 aliphatic carbocycles. The molecule has 0 bridgehead atoms. The summed E-state index contributed by atoms with van der Waals surface area (Å²) >= 11 is 0. The number of unbranched alkanes of at least 4 members (excludes halogenated alkanes) is 23. The van der Waals surface area contributed by atoms with E-state index in [1.165, 1.54) is 194 Å². The molecular weight excluding hydrogens is 641 g/mol. The van der Waals surface area contributed by atoms with Crippen molar-refractivity contribution in [1.29, 1.82) is 0 Å². The summed E-state index contributed by atoms with van der Waals surface area (Å²) in [5, 5.41) is 0. The van der Waals surface area contributed by atoms with Crippen LogP contribution in [0.1, 0.15) is 236 Å². The van der Waals surface area contributed by atoms with Crippen LogP contribution in [-0.4, -0.2) is 4.70 Å². The fourth-order valence-electron chi connectivity index (χ4n) is 8.38. The first-order valence-electron chi connectivity index (χ1n) is 23.3. The molecule has 0 fully saturated rings. The summed E-state index contributed by atoms with van der Waals surface area (Å²) in [4.78, 5) is 0. The van der Waals surface area contributed by atoms with Crippen molar-refractivity contribution in [2.45, 2.75) is 227 Å². The molecule has 1 aliphatic rings. The van der Waals surface area contributed by atoms with E-state index in [4.69, 9.17) is 0 Å². The Kier molecular flexibility index (Phi) is 24.5. The molecule has 3 rings (SSSR count). The van der Waals surface area contributed by atoms with Crippen molar-refractivity contribution in [1.82, 2.24) is 0 Å². The molecule has 53 heavy (non-hydrogen) atoms. The second-order valence-corrected chi connectivity index (χ2v) is 16.5. The average Bonchev–Trinajstić information content (AvgIpc) is 3.46. The Morgan fingerprint density at radius 1 is 0.358 bits per heavy atom. The van der Waals surface area contributed by atoms with Gasteiger partial charge >= 0.3 is 0 Å². The zero-order chi connectivity index (χ0) is 37.8. The van der Waals surface area contributed by atoms with E-state index in [0.29, 0.717) is 0 Å². The lowest BCUT2D eigenvalue weighted by Crippen LogP contribution is -2.03. The van der Waals surface area contributed by atoms with Crippen molar-refractivity contribution in [3.8, 4) is 0 Å². The second-order valence-electron chi connectivity index (χ2n) is 16.5. The van der Waals surface area contributed by atoms with E-state index in [2.05, 4.69) is 76.2 Å². The number of nitrogens with zero attached hydrogens (tertiary/aromatic N) is 2. The highest BCUT2D eigenvalue weighted by molar-refractivity contribution is 5.82. The van der Waals surface area contributed by atoms with Crippen LogP contribution in [0.2, 0.25) is 0 Å². The summed E-state index contributed by atoms with van der Waals surface area (Å²) in [6.07, 6.45) is 41.0. The molecule has 0 amide bonds. The SMILES string of the molecule is CCCCCCCCCCCCCCCCCCCCCCCC1=C(c2cccc(CCCC)c2)[N+](=[N-])C(c2cccc(CCCC)c2)=C1CCCC. The highest BCUT2D eigenvalue weighted by Gasteiger charge is 2.35. The molecule has 0 radical (unpaired) electrons. The molecule has 1 aliphatic heterocycles. The highest BCUT2D eigenvalue weighted by Crippen LogP contribution is 2.45. The number of allylic oxidation sites excluding steroid dienone is 2. The molecule has 1 heterocycles. The van der Waals surface area contributed by atoms with E-state index in [0.717, 1.165) is 49.9 Å². The van der Waals surface area contributed by atoms with Gasteiger partial charge in [-0.25, -0.2) is 4.70 Å². The van der Waals surface area contributed by atoms with Crippen LogP contribution in [0.15, 0.2) is 59.7 Å². The first-order chi connectivity index (χ1) is 26.1. The van der Waals surface area contributed by atoms with Crippen molar-refractivity contribution < 1.29 is 4.70 Å².